The third-order valence-electron chi connectivity index (χ3n) is 3.81. The first kappa shape index (κ1) is 13.9. The third-order valence-corrected chi connectivity index (χ3v) is 3.81. The van der Waals surface area contributed by atoms with Gasteiger partial charge in [0, 0.05) is 0 Å². The van der Waals surface area contributed by atoms with E-state index in [0.717, 1.165) is 6.42 Å². The topological polar surface area (TPSA) is 0 Å². The van der Waals surface area contributed by atoms with Crippen LogP contribution in [0, 0.1) is 5.41 Å². The van der Waals surface area contributed by atoms with E-state index in [-0.39, 0.29) is 0 Å². The molecule has 2 aromatic carbocycles. The first-order valence-electron chi connectivity index (χ1n) is 7.16. The molecule has 0 saturated carbocycles. The Labute approximate surface area is 117 Å². The van der Waals surface area contributed by atoms with E-state index >= 15 is 0 Å². The summed E-state index contributed by atoms with van der Waals surface area (Å²) in [5, 5.41) is 0. The lowest BCUT2D eigenvalue weighted by atomic mass is 9.73. The Hall–Kier alpha value is -1.56. The van der Waals surface area contributed by atoms with Crippen molar-refractivity contribution >= 4 is 0 Å². The van der Waals surface area contributed by atoms with Crippen molar-refractivity contribution in [1.82, 2.24) is 0 Å². The molecule has 0 amide bonds. The lowest BCUT2D eigenvalue weighted by Gasteiger charge is -2.31. The highest BCUT2D eigenvalue weighted by atomic mass is 14.3. The maximum absolute atomic E-state index is 2.34. The molecule has 0 fully saturated rings. The van der Waals surface area contributed by atoms with Gasteiger partial charge in [0.15, 0.2) is 0 Å². The van der Waals surface area contributed by atoms with Crippen LogP contribution in [0.3, 0.4) is 0 Å². The maximum atomic E-state index is 2.34. The molecule has 2 rings (SSSR count). The molecule has 2 aromatic rings. The lowest BCUT2D eigenvalue weighted by Crippen LogP contribution is -2.19. The molecule has 0 radical (unpaired) electrons. The number of hydrogen-bond donors (Lipinski definition) is 0. The monoisotopic (exact) mass is 252 g/mol. The van der Waals surface area contributed by atoms with Crippen LogP contribution < -0.4 is 0 Å². The molecule has 0 aliphatic rings. The zero-order valence-electron chi connectivity index (χ0n) is 12.3. The van der Waals surface area contributed by atoms with Crippen LogP contribution in [-0.2, 0) is 6.42 Å². The summed E-state index contributed by atoms with van der Waals surface area (Å²) in [5.74, 6) is 0.605. The quantitative estimate of drug-likeness (QED) is 0.679. The van der Waals surface area contributed by atoms with Gasteiger partial charge in [-0.3, -0.25) is 0 Å². The van der Waals surface area contributed by atoms with E-state index in [2.05, 4.69) is 81.4 Å². The SMILES string of the molecule is CC(C)(C)C(CCc1ccccc1)c1ccccc1. The van der Waals surface area contributed by atoms with Crippen molar-refractivity contribution in [3.8, 4) is 0 Å². The Kier molecular flexibility index (Phi) is 4.42. The smallest absolute Gasteiger partial charge is 0.0110 e. The first-order chi connectivity index (χ1) is 9.07. The Morgan fingerprint density at radius 2 is 1.32 bits per heavy atom. The number of hydrogen-bond acceptors (Lipinski definition) is 0. The molecule has 0 heteroatoms. The minimum absolute atomic E-state index is 0.302. The van der Waals surface area contributed by atoms with E-state index < -0.39 is 0 Å². The fraction of sp³-hybridized carbons (Fsp3) is 0.368. The van der Waals surface area contributed by atoms with Crippen LogP contribution in [0.4, 0.5) is 0 Å². The van der Waals surface area contributed by atoms with Crippen molar-refractivity contribution < 1.29 is 0 Å². The van der Waals surface area contributed by atoms with Crippen molar-refractivity contribution in [1.29, 1.82) is 0 Å². The average Bonchev–Trinajstić information content (AvgIpc) is 2.40. The highest BCUT2D eigenvalue weighted by molar-refractivity contribution is 5.22. The second-order valence-corrected chi connectivity index (χ2v) is 6.35. The maximum Gasteiger partial charge on any atom is -0.0110 e. The summed E-state index contributed by atoms with van der Waals surface area (Å²) < 4.78 is 0. The van der Waals surface area contributed by atoms with Gasteiger partial charge in [-0.15, -0.1) is 0 Å². The molecule has 0 aromatic heterocycles. The molecule has 0 nitrogen and oxygen atoms in total. The van der Waals surface area contributed by atoms with Gasteiger partial charge in [0.05, 0.1) is 0 Å². The predicted molar refractivity (Wildman–Crippen MR) is 83.4 cm³/mol. The molecular weight excluding hydrogens is 228 g/mol. The molecule has 0 aliphatic heterocycles. The summed E-state index contributed by atoms with van der Waals surface area (Å²) >= 11 is 0. The molecular formula is C19H24. The highest BCUT2D eigenvalue weighted by Crippen LogP contribution is 2.38. The van der Waals surface area contributed by atoms with Crippen molar-refractivity contribution in [2.45, 2.75) is 39.5 Å². The molecule has 0 heterocycles. The minimum Gasteiger partial charge on any atom is -0.0622 e. The zero-order valence-corrected chi connectivity index (χ0v) is 12.3. The second kappa shape index (κ2) is 6.06. The Balaban J connectivity index is 2.12. The number of aryl methyl sites for hydroxylation is 1. The fourth-order valence-corrected chi connectivity index (χ4v) is 2.74. The van der Waals surface area contributed by atoms with E-state index in [0.29, 0.717) is 11.3 Å². The van der Waals surface area contributed by atoms with Gasteiger partial charge < -0.3 is 0 Å². The molecule has 19 heavy (non-hydrogen) atoms. The van der Waals surface area contributed by atoms with Gasteiger partial charge in [0.25, 0.3) is 0 Å². The molecule has 0 saturated heterocycles. The molecule has 0 N–H and O–H groups in total. The van der Waals surface area contributed by atoms with Gasteiger partial charge in [-0.05, 0) is 35.3 Å². The summed E-state index contributed by atoms with van der Waals surface area (Å²) in [4.78, 5) is 0. The van der Waals surface area contributed by atoms with E-state index in [4.69, 9.17) is 0 Å². The van der Waals surface area contributed by atoms with Gasteiger partial charge in [-0.25, -0.2) is 0 Å². The zero-order chi connectivity index (χ0) is 13.7. The molecule has 100 valence electrons. The Morgan fingerprint density at radius 3 is 1.84 bits per heavy atom. The van der Waals surface area contributed by atoms with E-state index in [1.165, 1.54) is 17.5 Å². The van der Waals surface area contributed by atoms with E-state index in [1.807, 2.05) is 0 Å². The second-order valence-electron chi connectivity index (χ2n) is 6.35. The molecule has 0 bridgehead atoms. The van der Waals surface area contributed by atoms with Crippen LogP contribution in [0.15, 0.2) is 60.7 Å². The van der Waals surface area contributed by atoms with Gasteiger partial charge in [-0.2, -0.15) is 0 Å². The van der Waals surface area contributed by atoms with Crippen molar-refractivity contribution in [2.75, 3.05) is 0 Å². The van der Waals surface area contributed by atoms with Crippen LogP contribution in [-0.4, -0.2) is 0 Å². The highest BCUT2D eigenvalue weighted by Gasteiger charge is 2.25. The van der Waals surface area contributed by atoms with Gasteiger partial charge in [0.2, 0.25) is 0 Å². The average molecular weight is 252 g/mol. The molecule has 1 atom stereocenters. The van der Waals surface area contributed by atoms with E-state index in [1.54, 1.807) is 0 Å². The summed E-state index contributed by atoms with van der Waals surface area (Å²) in [7, 11) is 0. The van der Waals surface area contributed by atoms with Crippen LogP contribution >= 0.6 is 0 Å². The van der Waals surface area contributed by atoms with Crippen LogP contribution in [0.5, 0.6) is 0 Å². The normalized spacial score (nSPS) is 13.2. The Morgan fingerprint density at radius 1 is 0.789 bits per heavy atom. The third kappa shape index (κ3) is 3.96. The van der Waals surface area contributed by atoms with Gasteiger partial charge in [0.1, 0.15) is 0 Å². The summed E-state index contributed by atoms with van der Waals surface area (Å²) in [5.41, 5.74) is 3.20. The molecule has 0 spiro atoms. The summed E-state index contributed by atoms with van der Waals surface area (Å²) in [6.45, 7) is 7.03. The number of benzene rings is 2. The molecule has 0 aliphatic carbocycles. The van der Waals surface area contributed by atoms with Crippen molar-refractivity contribution in [3.63, 3.8) is 0 Å². The van der Waals surface area contributed by atoms with E-state index in [9.17, 15) is 0 Å². The predicted octanol–water partition coefficient (Wildman–Crippen LogP) is 5.45. The van der Waals surface area contributed by atoms with Crippen LogP contribution in [0.2, 0.25) is 0 Å². The molecule has 1 unspecified atom stereocenters. The van der Waals surface area contributed by atoms with Gasteiger partial charge >= 0.3 is 0 Å². The largest absolute Gasteiger partial charge is 0.0622 e. The number of rotatable bonds is 4. The summed E-state index contributed by atoms with van der Waals surface area (Å²) in [6, 6.07) is 21.7. The van der Waals surface area contributed by atoms with Crippen molar-refractivity contribution in [3.05, 3.63) is 71.8 Å². The Bertz CT molecular complexity index is 476. The first-order valence-corrected chi connectivity index (χ1v) is 7.16. The standard InChI is InChI=1S/C19H24/c1-19(2,3)18(17-12-8-5-9-13-17)15-14-16-10-6-4-7-11-16/h4-13,18H,14-15H2,1-3H3. The lowest BCUT2D eigenvalue weighted by molar-refractivity contribution is 0.305. The minimum atomic E-state index is 0.302. The fourth-order valence-electron chi connectivity index (χ4n) is 2.74. The van der Waals surface area contributed by atoms with Gasteiger partial charge in [-0.1, -0.05) is 81.4 Å². The van der Waals surface area contributed by atoms with Crippen LogP contribution in [0.1, 0.15) is 44.2 Å². The summed E-state index contributed by atoms with van der Waals surface area (Å²) in [6.07, 6.45) is 2.36. The van der Waals surface area contributed by atoms with Crippen molar-refractivity contribution in [2.24, 2.45) is 5.41 Å². The van der Waals surface area contributed by atoms with Crippen LogP contribution in [0.25, 0.3) is 0 Å².